The van der Waals surface area contributed by atoms with Gasteiger partial charge in [0.1, 0.15) is 11.9 Å². The van der Waals surface area contributed by atoms with Crippen LogP contribution < -0.4 is 20.7 Å². The molecular weight excluding hydrogens is 491 g/mol. The Labute approximate surface area is 196 Å². The van der Waals surface area contributed by atoms with Gasteiger partial charge in [-0.15, -0.1) is 24.0 Å². The molecular formula is C23H33IN4O2. The molecule has 0 aliphatic rings. The van der Waals surface area contributed by atoms with E-state index < -0.39 is 0 Å². The molecule has 0 saturated carbocycles. The number of para-hydroxylation sites is 1. The van der Waals surface area contributed by atoms with E-state index in [0.29, 0.717) is 25.2 Å². The molecule has 7 heteroatoms. The lowest BCUT2D eigenvalue weighted by atomic mass is 10.1. The number of benzene rings is 2. The fourth-order valence-electron chi connectivity index (χ4n) is 2.72. The summed E-state index contributed by atoms with van der Waals surface area (Å²) >= 11 is 0. The van der Waals surface area contributed by atoms with Crippen molar-refractivity contribution < 1.29 is 9.53 Å². The van der Waals surface area contributed by atoms with Gasteiger partial charge in [-0.2, -0.15) is 0 Å². The van der Waals surface area contributed by atoms with Crippen LogP contribution in [0.5, 0.6) is 5.75 Å². The number of aliphatic imine (C=N–C) groups is 1. The summed E-state index contributed by atoms with van der Waals surface area (Å²) in [6, 6.07) is 15.5. The minimum atomic E-state index is -0.0554. The van der Waals surface area contributed by atoms with Crippen LogP contribution in [0.3, 0.4) is 0 Å². The SMILES string of the molecule is CCNC(=O)c1ccc(CN=C(NCC)NCC(C)Oc2ccccc2C)cc1.I. The molecule has 0 saturated heterocycles. The first kappa shape index (κ1) is 25.7. The quantitative estimate of drug-likeness (QED) is 0.265. The first-order chi connectivity index (χ1) is 14.0. The number of aryl methyl sites for hydroxylation is 1. The van der Waals surface area contributed by atoms with Crippen molar-refractivity contribution in [2.24, 2.45) is 4.99 Å². The topological polar surface area (TPSA) is 74.8 Å². The van der Waals surface area contributed by atoms with E-state index in [9.17, 15) is 4.79 Å². The second-order valence-corrected chi connectivity index (χ2v) is 6.83. The van der Waals surface area contributed by atoms with E-state index in [0.717, 1.165) is 29.4 Å². The van der Waals surface area contributed by atoms with E-state index in [4.69, 9.17) is 4.74 Å². The van der Waals surface area contributed by atoms with Gasteiger partial charge in [-0.25, -0.2) is 4.99 Å². The van der Waals surface area contributed by atoms with Crippen molar-refractivity contribution in [3.8, 4) is 5.75 Å². The van der Waals surface area contributed by atoms with Crippen LogP contribution in [-0.2, 0) is 6.54 Å². The van der Waals surface area contributed by atoms with Gasteiger partial charge in [0.2, 0.25) is 0 Å². The van der Waals surface area contributed by atoms with Crippen LogP contribution in [0.2, 0.25) is 0 Å². The third kappa shape index (κ3) is 8.61. The molecule has 2 aromatic rings. The minimum absolute atomic E-state index is 0. The Kier molecular flexibility index (Phi) is 11.9. The van der Waals surface area contributed by atoms with Crippen LogP contribution in [0.1, 0.15) is 42.3 Å². The standard InChI is InChI=1S/C23H32N4O2.HI/c1-5-24-22(28)20-13-11-19(12-14-20)16-27-23(25-6-2)26-15-18(4)29-21-10-8-7-9-17(21)3;/h7-14,18H,5-6,15-16H2,1-4H3,(H,24,28)(H2,25,26,27);1H. The molecule has 0 heterocycles. The van der Waals surface area contributed by atoms with Gasteiger partial charge < -0.3 is 20.7 Å². The molecule has 0 bridgehead atoms. The molecule has 0 aromatic heterocycles. The Morgan fingerprint density at radius 3 is 2.30 bits per heavy atom. The Bertz CT molecular complexity index is 809. The normalized spacial score (nSPS) is 11.8. The number of halogens is 1. The lowest BCUT2D eigenvalue weighted by Crippen LogP contribution is -2.41. The molecule has 2 rings (SSSR count). The summed E-state index contributed by atoms with van der Waals surface area (Å²) in [5.74, 6) is 1.58. The highest BCUT2D eigenvalue weighted by Gasteiger charge is 2.08. The zero-order valence-electron chi connectivity index (χ0n) is 18.2. The first-order valence-corrected chi connectivity index (χ1v) is 10.1. The first-order valence-electron chi connectivity index (χ1n) is 10.1. The van der Waals surface area contributed by atoms with Crippen LogP contribution in [0, 0.1) is 6.92 Å². The molecule has 30 heavy (non-hydrogen) atoms. The highest BCUT2D eigenvalue weighted by atomic mass is 127. The van der Waals surface area contributed by atoms with Crippen molar-refractivity contribution in [2.45, 2.75) is 40.3 Å². The van der Waals surface area contributed by atoms with Crippen LogP contribution in [0.15, 0.2) is 53.5 Å². The van der Waals surface area contributed by atoms with E-state index in [-0.39, 0.29) is 36.0 Å². The van der Waals surface area contributed by atoms with Crippen molar-refractivity contribution in [2.75, 3.05) is 19.6 Å². The van der Waals surface area contributed by atoms with E-state index in [1.54, 1.807) is 0 Å². The number of hydrogen-bond donors (Lipinski definition) is 3. The van der Waals surface area contributed by atoms with Gasteiger partial charge in [-0.05, 0) is 57.0 Å². The number of ether oxygens (including phenoxy) is 1. The Hall–Kier alpha value is -2.29. The average Bonchev–Trinajstić information content (AvgIpc) is 2.72. The lowest BCUT2D eigenvalue weighted by molar-refractivity contribution is 0.0956. The number of hydrogen-bond acceptors (Lipinski definition) is 3. The zero-order chi connectivity index (χ0) is 21.1. The van der Waals surface area contributed by atoms with Gasteiger partial charge >= 0.3 is 0 Å². The summed E-state index contributed by atoms with van der Waals surface area (Å²) in [5, 5.41) is 9.37. The fourth-order valence-corrected chi connectivity index (χ4v) is 2.72. The molecule has 1 unspecified atom stereocenters. The predicted molar refractivity (Wildman–Crippen MR) is 134 cm³/mol. The van der Waals surface area contributed by atoms with E-state index in [2.05, 4.69) is 20.9 Å². The third-order valence-corrected chi connectivity index (χ3v) is 4.30. The molecule has 0 fully saturated rings. The predicted octanol–water partition coefficient (Wildman–Crippen LogP) is 3.89. The number of nitrogens with one attached hydrogen (secondary N) is 3. The van der Waals surface area contributed by atoms with Crippen LogP contribution >= 0.6 is 24.0 Å². The molecule has 0 aliphatic carbocycles. The van der Waals surface area contributed by atoms with Crippen molar-refractivity contribution in [1.82, 2.24) is 16.0 Å². The smallest absolute Gasteiger partial charge is 0.251 e. The molecule has 3 N–H and O–H groups in total. The number of carbonyl (C=O) groups is 1. The van der Waals surface area contributed by atoms with Crippen molar-refractivity contribution in [3.63, 3.8) is 0 Å². The molecule has 0 radical (unpaired) electrons. The number of amides is 1. The summed E-state index contributed by atoms with van der Waals surface area (Å²) in [6.45, 7) is 10.6. The Morgan fingerprint density at radius 2 is 1.67 bits per heavy atom. The second kappa shape index (κ2) is 13.8. The maximum absolute atomic E-state index is 11.8. The highest BCUT2D eigenvalue weighted by Crippen LogP contribution is 2.17. The van der Waals surface area contributed by atoms with Gasteiger partial charge in [0.15, 0.2) is 5.96 Å². The van der Waals surface area contributed by atoms with Crippen LogP contribution in [-0.4, -0.2) is 37.6 Å². The van der Waals surface area contributed by atoms with E-state index in [1.807, 2.05) is 76.2 Å². The minimum Gasteiger partial charge on any atom is -0.489 e. The summed E-state index contributed by atoms with van der Waals surface area (Å²) in [7, 11) is 0. The number of guanidine groups is 1. The number of nitrogens with zero attached hydrogens (tertiary/aromatic N) is 1. The summed E-state index contributed by atoms with van der Waals surface area (Å²) in [6.07, 6.45) is -0.00341. The second-order valence-electron chi connectivity index (χ2n) is 6.83. The van der Waals surface area contributed by atoms with Gasteiger partial charge in [-0.3, -0.25) is 4.79 Å². The summed E-state index contributed by atoms with van der Waals surface area (Å²) < 4.78 is 6.01. The summed E-state index contributed by atoms with van der Waals surface area (Å²) in [4.78, 5) is 16.5. The maximum atomic E-state index is 11.8. The van der Waals surface area contributed by atoms with Crippen molar-refractivity contribution in [3.05, 3.63) is 65.2 Å². The zero-order valence-corrected chi connectivity index (χ0v) is 20.5. The fraction of sp³-hybridized carbons (Fsp3) is 0.391. The average molecular weight is 524 g/mol. The molecule has 2 aromatic carbocycles. The van der Waals surface area contributed by atoms with Gasteiger partial charge in [0.05, 0.1) is 13.1 Å². The molecule has 0 spiro atoms. The van der Waals surface area contributed by atoms with Crippen molar-refractivity contribution in [1.29, 1.82) is 0 Å². The van der Waals surface area contributed by atoms with Gasteiger partial charge in [0, 0.05) is 18.7 Å². The summed E-state index contributed by atoms with van der Waals surface area (Å²) in [5.41, 5.74) is 2.82. The third-order valence-electron chi connectivity index (χ3n) is 4.30. The number of carbonyl (C=O) groups excluding carboxylic acids is 1. The van der Waals surface area contributed by atoms with Gasteiger partial charge in [-0.1, -0.05) is 30.3 Å². The van der Waals surface area contributed by atoms with Crippen LogP contribution in [0.25, 0.3) is 0 Å². The number of rotatable bonds is 9. The highest BCUT2D eigenvalue weighted by molar-refractivity contribution is 14.0. The molecule has 6 nitrogen and oxygen atoms in total. The Morgan fingerprint density at radius 1 is 1.00 bits per heavy atom. The largest absolute Gasteiger partial charge is 0.489 e. The lowest BCUT2D eigenvalue weighted by Gasteiger charge is -2.18. The molecule has 1 atom stereocenters. The molecule has 0 aliphatic heterocycles. The Balaban J connectivity index is 0.00000450. The monoisotopic (exact) mass is 524 g/mol. The molecule has 164 valence electrons. The van der Waals surface area contributed by atoms with Crippen molar-refractivity contribution >= 4 is 35.8 Å². The van der Waals surface area contributed by atoms with Gasteiger partial charge in [0.25, 0.3) is 5.91 Å². The van der Waals surface area contributed by atoms with E-state index in [1.165, 1.54) is 0 Å². The maximum Gasteiger partial charge on any atom is 0.251 e. The van der Waals surface area contributed by atoms with Crippen LogP contribution in [0.4, 0.5) is 0 Å². The molecule has 1 amide bonds. The van der Waals surface area contributed by atoms with E-state index >= 15 is 0 Å².